The van der Waals surface area contributed by atoms with Crippen LogP contribution < -0.4 is 10.7 Å². The van der Waals surface area contributed by atoms with Gasteiger partial charge < -0.3 is 9.88 Å². The van der Waals surface area contributed by atoms with Gasteiger partial charge in [0.05, 0.1) is 6.21 Å². The fourth-order valence-electron chi connectivity index (χ4n) is 2.27. The lowest BCUT2D eigenvalue weighted by Crippen LogP contribution is -2.31. The molecule has 2 N–H and O–H groups in total. The molecule has 4 nitrogen and oxygen atoms in total. The molecule has 6 heteroatoms. The minimum Gasteiger partial charge on any atom is -0.362 e. The maximum absolute atomic E-state index is 5.95. The van der Waals surface area contributed by atoms with E-state index in [4.69, 9.17) is 23.8 Å². The summed E-state index contributed by atoms with van der Waals surface area (Å²) >= 11 is 11.0. The molecule has 0 aliphatic heterocycles. The van der Waals surface area contributed by atoms with Crippen molar-refractivity contribution < 1.29 is 0 Å². The van der Waals surface area contributed by atoms with E-state index in [2.05, 4.69) is 40.3 Å². The van der Waals surface area contributed by atoms with Gasteiger partial charge in [-0.25, -0.2) is 0 Å². The van der Waals surface area contributed by atoms with E-state index >= 15 is 0 Å². The van der Waals surface area contributed by atoms with Crippen molar-refractivity contribution in [3.63, 3.8) is 0 Å². The number of thiocarbonyl (C=S) groups is 1. The second-order valence-electron chi connectivity index (χ2n) is 4.87. The molecule has 22 heavy (non-hydrogen) atoms. The van der Waals surface area contributed by atoms with Gasteiger partial charge >= 0.3 is 0 Å². The molecule has 0 unspecified atom stereocenters. The molecule has 1 aromatic carbocycles. The average molecular weight is 335 g/mol. The largest absolute Gasteiger partial charge is 0.362 e. The summed E-state index contributed by atoms with van der Waals surface area (Å²) in [6, 6.07) is 9.87. The van der Waals surface area contributed by atoms with Crippen LogP contribution in [-0.4, -0.2) is 22.4 Å². The molecule has 0 aliphatic rings. The first kappa shape index (κ1) is 16.5. The third-order valence-corrected chi connectivity index (χ3v) is 3.75. The highest BCUT2D eigenvalue weighted by Gasteiger charge is 2.09. The molecule has 2 rings (SSSR count). The molecule has 0 spiro atoms. The Kier molecular flexibility index (Phi) is 5.57. The van der Waals surface area contributed by atoms with Gasteiger partial charge in [0.25, 0.3) is 0 Å². The second-order valence-corrected chi connectivity index (χ2v) is 5.71. The van der Waals surface area contributed by atoms with Gasteiger partial charge in [-0.1, -0.05) is 11.6 Å². The molecule has 0 atom stereocenters. The SMILES string of the molecule is CCNC(=S)N/N=C/c1cc(C)n(-c2ccc(Cl)cc2)c1C. The van der Waals surface area contributed by atoms with E-state index < -0.39 is 0 Å². The van der Waals surface area contributed by atoms with Crippen LogP contribution in [0.4, 0.5) is 0 Å². The van der Waals surface area contributed by atoms with Crippen LogP contribution in [0.15, 0.2) is 35.4 Å². The molecule has 116 valence electrons. The summed E-state index contributed by atoms with van der Waals surface area (Å²) in [6.07, 6.45) is 1.78. The van der Waals surface area contributed by atoms with Crippen LogP contribution in [0, 0.1) is 13.8 Å². The molecule has 0 aliphatic carbocycles. The Hall–Kier alpha value is -1.85. The van der Waals surface area contributed by atoms with Gasteiger partial charge in [-0.2, -0.15) is 5.10 Å². The first-order valence-corrected chi connectivity index (χ1v) is 7.83. The van der Waals surface area contributed by atoms with Crippen LogP contribution in [0.25, 0.3) is 5.69 Å². The summed E-state index contributed by atoms with van der Waals surface area (Å²) in [4.78, 5) is 0. The standard InChI is InChI=1S/C16H19ClN4S/c1-4-18-16(22)20-19-10-13-9-11(2)21(12(13)3)15-7-5-14(17)6-8-15/h5-10H,4H2,1-3H3,(H2,18,20,22)/b19-10+. The van der Waals surface area contributed by atoms with Gasteiger partial charge in [0.15, 0.2) is 5.11 Å². The summed E-state index contributed by atoms with van der Waals surface area (Å²) in [5.74, 6) is 0. The Morgan fingerprint density at radius 3 is 2.64 bits per heavy atom. The number of benzene rings is 1. The average Bonchev–Trinajstić information content (AvgIpc) is 2.75. The maximum Gasteiger partial charge on any atom is 0.186 e. The number of hydrogen-bond acceptors (Lipinski definition) is 2. The van der Waals surface area contributed by atoms with E-state index in [9.17, 15) is 0 Å². The van der Waals surface area contributed by atoms with Crippen LogP contribution in [-0.2, 0) is 0 Å². The lowest BCUT2D eigenvalue weighted by molar-refractivity contribution is 0.903. The summed E-state index contributed by atoms with van der Waals surface area (Å²) in [5.41, 5.74) is 7.16. The fraction of sp³-hybridized carbons (Fsp3) is 0.250. The summed E-state index contributed by atoms with van der Waals surface area (Å²) in [5, 5.41) is 8.40. The van der Waals surface area contributed by atoms with Crippen molar-refractivity contribution in [3.05, 3.63) is 52.3 Å². The molecule has 0 fully saturated rings. The molecule has 0 saturated carbocycles. The number of nitrogens with one attached hydrogen (secondary N) is 2. The zero-order valence-corrected chi connectivity index (χ0v) is 14.4. The Morgan fingerprint density at radius 1 is 1.32 bits per heavy atom. The molecule has 0 amide bonds. The van der Waals surface area contributed by atoms with E-state index in [0.717, 1.165) is 34.2 Å². The van der Waals surface area contributed by atoms with E-state index in [1.54, 1.807) is 6.21 Å². The first-order valence-electron chi connectivity index (χ1n) is 7.04. The number of aryl methyl sites for hydroxylation is 1. The highest BCUT2D eigenvalue weighted by atomic mass is 35.5. The third-order valence-electron chi connectivity index (χ3n) is 3.26. The van der Waals surface area contributed by atoms with Crippen LogP contribution in [0.3, 0.4) is 0 Å². The molecule has 1 aromatic heterocycles. The fourth-order valence-corrected chi connectivity index (χ4v) is 2.59. The lowest BCUT2D eigenvalue weighted by atomic mass is 10.2. The van der Waals surface area contributed by atoms with Crippen molar-refractivity contribution in [2.24, 2.45) is 5.10 Å². The molecular weight excluding hydrogens is 316 g/mol. The monoisotopic (exact) mass is 334 g/mol. The van der Waals surface area contributed by atoms with Crippen molar-refractivity contribution in [1.82, 2.24) is 15.3 Å². The number of halogens is 1. The third kappa shape index (κ3) is 3.87. The van der Waals surface area contributed by atoms with Crippen molar-refractivity contribution >= 4 is 35.1 Å². The number of rotatable bonds is 4. The number of hydrazone groups is 1. The van der Waals surface area contributed by atoms with Gasteiger partial charge in [0.2, 0.25) is 0 Å². The van der Waals surface area contributed by atoms with Crippen molar-refractivity contribution in [1.29, 1.82) is 0 Å². The Morgan fingerprint density at radius 2 is 2.00 bits per heavy atom. The molecule has 1 heterocycles. The Labute approximate surface area is 141 Å². The predicted molar refractivity (Wildman–Crippen MR) is 97.3 cm³/mol. The predicted octanol–water partition coefficient (Wildman–Crippen LogP) is 3.57. The maximum atomic E-state index is 5.95. The number of nitrogens with zero attached hydrogens (tertiary/aromatic N) is 2. The normalized spacial score (nSPS) is 10.9. The first-order chi connectivity index (χ1) is 10.5. The minimum absolute atomic E-state index is 0.519. The zero-order valence-electron chi connectivity index (χ0n) is 12.9. The van der Waals surface area contributed by atoms with Gasteiger partial charge in [0.1, 0.15) is 0 Å². The van der Waals surface area contributed by atoms with Crippen LogP contribution in [0.5, 0.6) is 0 Å². The molecule has 0 radical (unpaired) electrons. The van der Waals surface area contributed by atoms with Crippen molar-refractivity contribution in [3.8, 4) is 5.69 Å². The summed E-state index contributed by atoms with van der Waals surface area (Å²) < 4.78 is 2.17. The van der Waals surface area contributed by atoms with Gasteiger partial charge in [-0.3, -0.25) is 5.43 Å². The Bertz CT molecular complexity index is 689. The highest BCUT2D eigenvalue weighted by molar-refractivity contribution is 7.80. The van der Waals surface area contributed by atoms with Gasteiger partial charge in [-0.05, 0) is 63.3 Å². The summed E-state index contributed by atoms with van der Waals surface area (Å²) in [7, 11) is 0. The molecule has 0 bridgehead atoms. The van der Waals surface area contributed by atoms with Crippen molar-refractivity contribution in [2.75, 3.05) is 6.54 Å². The number of aromatic nitrogens is 1. The van der Waals surface area contributed by atoms with Gasteiger partial charge in [-0.15, -0.1) is 0 Å². The molecule has 2 aromatic rings. The highest BCUT2D eigenvalue weighted by Crippen LogP contribution is 2.21. The quantitative estimate of drug-likeness (QED) is 0.510. The van der Waals surface area contributed by atoms with E-state index in [0.29, 0.717) is 5.11 Å². The second kappa shape index (κ2) is 7.42. The van der Waals surface area contributed by atoms with Crippen LogP contribution in [0.2, 0.25) is 5.02 Å². The zero-order chi connectivity index (χ0) is 16.1. The Balaban J connectivity index is 2.22. The minimum atomic E-state index is 0.519. The smallest absolute Gasteiger partial charge is 0.186 e. The summed E-state index contributed by atoms with van der Waals surface area (Å²) in [6.45, 7) is 6.88. The van der Waals surface area contributed by atoms with E-state index in [1.165, 1.54) is 0 Å². The van der Waals surface area contributed by atoms with Gasteiger partial charge in [0, 0.05) is 34.2 Å². The van der Waals surface area contributed by atoms with Crippen LogP contribution >= 0.6 is 23.8 Å². The molecular formula is C16H19ClN4S. The van der Waals surface area contributed by atoms with Crippen molar-refractivity contribution in [2.45, 2.75) is 20.8 Å². The number of hydrogen-bond donors (Lipinski definition) is 2. The lowest BCUT2D eigenvalue weighted by Gasteiger charge is -2.09. The molecule has 0 saturated heterocycles. The topological polar surface area (TPSA) is 41.4 Å². The van der Waals surface area contributed by atoms with Crippen LogP contribution in [0.1, 0.15) is 23.9 Å². The van der Waals surface area contributed by atoms with E-state index in [1.807, 2.05) is 31.2 Å². The van der Waals surface area contributed by atoms with E-state index in [-0.39, 0.29) is 0 Å².